The van der Waals surface area contributed by atoms with E-state index in [2.05, 4.69) is 18.3 Å². The number of amides is 1. The lowest BCUT2D eigenvalue weighted by atomic mass is 9.72. The van der Waals surface area contributed by atoms with E-state index in [-0.39, 0.29) is 0 Å². The van der Waals surface area contributed by atoms with E-state index >= 15 is 0 Å². The van der Waals surface area contributed by atoms with Crippen molar-refractivity contribution in [2.24, 2.45) is 11.3 Å². The van der Waals surface area contributed by atoms with Crippen molar-refractivity contribution in [3.8, 4) is 6.07 Å². The average molecular weight is 252 g/mol. The molecule has 1 fully saturated rings. The first kappa shape index (κ1) is 14.8. The molecule has 0 unspecified atom stereocenters. The van der Waals surface area contributed by atoms with Crippen LogP contribution in [0.15, 0.2) is 0 Å². The molecule has 0 heterocycles. The first-order valence-corrected chi connectivity index (χ1v) is 6.64. The van der Waals surface area contributed by atoms with Crippen molar-refractivity contribution in [1.82, 2.24) is 5.32 Å². The van der Waals surface area contributed by atoms with Crippen LogP contribution in [0.3, 0.4) is 0 Å². The molecule has 1 aliphatic carbocycles. The molecule has 0 atom stereocenters. The molecule has 0 aromatic rings. The van der Waals surface area contributed by atoms with Gasteiger partial charge in [0.1, 0.15) is 5.60 Å². The molecule has 0 spiro atoms. The Balaban J connectivity index is 2.46. The van der Waals surface area contributed by atoms with Crippen LogP contribution in [0.25, 0.3) is 0 Å². The van der Waals surface area contributed by atoms with E-state index in [1.807, 2.05) is 20.8 Å². The summed E-state index contributed by atoms with van der Waals surface area (Å²) in [6.45, 7) is 8.09. The molecule has 4 nitrogen and oxygen atoms in total. The first-order valence-electron chi connectivity index (χ1n) is 6.64. The number of nitrogens with zero attached hydrogens (tertiary/aromatic N) is 1. The normalized spacial score (nSPS) is 28.3. The van der Waals surface area contributed by atoms with Crippen LogP contribution in [0, 0.1) is 22.7 Å². The highest BCUT2D eigenvalue weighted by molar-refractivity contribution is 5.67. The van der Waals surface area contributed by atoms with Gasteiger partial charge in [0, 0.05) is 6.54 Å². The molecule has 4 heteroatoms. The number of carbonyl (C=O) groups is 1. The van der Waals surface area contributed by atoms with Gasteiger partial charge >= 0.3 is 6.09 Å². The summed E-state index contributed by atoms with van der Waals surface area (Å²) in [7, 11) is 0. The number of carbonyl (C=O) groups excluding carboxylic acids is 1. The lowest BCUT2D eigenvalue weighted by Gasteiger charge is -2.33. The maximum atomic E-state index is 11.6. The van der Waals surface area contributed by atoms with Gasteiger partial charge < -0.3 is 10.1 Å². The molecule has 1 aliphatic rings. The number of nitrogens with one attached hydrogen (secondary N) is 1. The van der Waals surface area contributed by atoms with E-state index in [0.717, 1.165) is 25.7 Å². The molecule has 0 radical (unpaired) electrons. The van der Waals surface area contributed by atoms with Crippen molar-refractivity contribution < 1.29 is 9.53 Å². The average Bonchev–Trinajstić information content (AvgIpc) is 2.27. The van der Waals surface area contributed by atoms with Crippen LogP contribution in [-0.2, 0) is 4.74 Å². The van der Waals surface area contributed by atoms with Crippen LogP contribution in [0.4, 0.5) is 4.79 Å². The molecule has 102 valence electrons. The molecule has 1 rings (SSSR count). The largest absolute Gasteiger partial charge is 0.444 e. The zero-order valence-corrected chi connectivity index (χ0v) is 11.9. The van der Waals surface area contributed by atoms with Crippen LogP contribution in [0.2, 0.25) is 0 Å². The Hall–Kier alpha value is -1.24. The summed E-state index contributed by atoms with van der Waals surface area (Å²) in [5.74, 6) is 0.688. The van der Waals surface area contributed by atoms with Gasteiger partial charge in [0.2, 0.25) is 0 Å². The Kier molecular flexibility index (Phi) is 4.61. The fourth-order valence-corrected chi connectivity index (χ4v) is 2.20. The molecule has 1 N–H and O–H groups in total. The highest BCUT2D eigenvalue weighted by Crippen LogP contribution is 2.37. The number of hydrogen-bond acceptors (Lipinski definition) is 3. The summed E-state index contributed by atoms with van der Waals surface area (Å²) in [6, 6.07) is 2.39. The third kappa shape index (κ3) is 4.56. The van der Waals surface area contributed by atoms with Crippen LogP contribution < -0.4 is 5.32 Å². The summed E-state index contributed by atoms with van der Waals surface area (Å²) in [4.78, 5) is 11.6. The van der Waals surface area contributed by atoms with Gasteiger partial charge in [-0.2, -0.15) is 5.26 Å². The first-order chi connectivity index (χ1) is 8.26. The van der Waals surface area contributed by atoms with Gasteiger partial charge in [0.25, 0.3) is 0 Å². The summed E-state index contributed by atoms with van der Waals surface area (Å²) >= 11 is 0. The Bertz CT molecular complexity index is 331. The SMILES string of the molecule is CC1CCC(C#N)(CNC(=O)OC(C)(C)C)CC1. The summed E-state index contributed by atoms with van der Waals surface area (Å²) in [5.41, 5.74) is -0.894. The predicted octanol–water partition coefficient (Wildman–Crippen LogP) is 3.23. The lowest BCUT2D eigenvalue weighted by Crippen LogP contribution is -2.41. The Morgan fingerprint density at radius 2 is 2.00 bits per heavy atom. The molecule has 0 aliphatic heterocycles. The molecule has 0 bridgehead atoms. The topological polar surface area (TPSA) is 62.1 Å². The predicted molar refractivity (Wildman–Crippen MR) is 69.9 cm³/mol. The van der Waals surface area contributed by atoms with E-state index in [1.165, 1.54) is 0 Å². The highest BCUT2D eigenvalue weighted by Gasteiger charge is 2.35. The van der Waals surface area contributed by atoms with Crippen molar-refractivity contribution in [3.05, 3.63) is 0 Å². The molecular formula is C14H24N2O2. The highest BCUT2D eigenvalue weighted by atomic mass is 16.6. The number of ether oxygens (including phenoxy) is 1. The minimum atomic E-state index is -0.495. The Labute approximate surface area is 110 Å². The third-order valence-corrected chi connectivity index (χ3v) is 3.44. The third-order valence-electron chi connectivity index (χ3n) is 3.44. The number of nitriles is 1. The fourth-order valence-electron chi connectivity index (χ4n) is 2.20. The van der Waals surface area contributed by atoms with Gasteiger partial charge in [-0.05, 0) is 52.4 Å². The quantitative estimate of drug-likeness (QED) is 0.820. The second kappa shape index (κ2) is 5.60. The van der Waals surface area contributed by atoms with Gasteiger partial charge in [0.05, 0.1) is 11.5 Å². The zero-order valence-electron chi connectivity index (χ0n) is 11.9. The Morgan fingerprint density at radius 3 is 2.44 bits per heavy atom. The molecular weight excluding hydrogens is 228 g/mol. The molecule has 1 amide bonds. The summed E-state index contributed by atoms with van der Waals surface area (Å²) in [5, 5.41) is 12.1. The smallest absolute Gasteiger partial charge is 0.407 e. The molecule has 1 saturated carbocycles. The Morgan fingerprint density at radius 1 is 1.44 bits per heavy atom. The maximum Gasteiger partial charge on any atom is 0.407 e. The summed E-state index contributed by atoms with van der Waals surface area (Å²) in [6.07, 6.45) is 3.41. The van der Waals surface area contributed by atoms with E-state index in [4.69, 9.17) is 4.74 Å². The van der Waals surface area contributed by atoms with E-state index in [1.54, 1.807) is 0 Å². The van der Waals surface area contributed by atoms with Crippen LogP contribution in [0.1, 0.15) is 53.4 Å². The van der Waals surface area contributed by atoms with Gasteiger partial charge in [-0.1, -0.05) is 6.92 Å². The van der Waals surface area contributed by atoms with Gasteiger partial charge in [-0.3, -0.25) is 0 Å². The number of rotatable bonds is 2. The molecule has 0 aromatic carbocycles. The lowest BCUT2D eigenvalue weighted by molar-refractivity contribution is 0.0499. The van der Waals surface area contributed by atoms with E-state index in [0.29, 0.717) is 12.5 Å². The van der Waals surface area contributed by atoms with Crippen molar-refractivity contribution in [1.29, 1.82) is 5.26 Å². The van der Waals surface area contributed by atoms with Crippen LogP contribution in [-0.4, -0.2) is 18.2 Å². The minimum Gasteiger partial charge on any atom is -0.444 e. The van der Waals surface area contributed by atoms with Crippen LogP contribution in [0.5, 0.6) is 0 Å². The van der Waals surface area contributed by atoms with Gasteiger partial charge in [-0.15, -0.1) is 0 Å². The zero-order chi connectivity index (χ0) is 13.8. The standard InChI is InChI=1S/C14H24N2O2/c1-11-5-7-14(9-15,8-6-11)10-16-12(17)18-13(2,3)4/h11H,5-8,10H2,1-4H3,(H,16,17). The molecule has 18 heavy (non-hydrogen) atoms. The van der Waals surface area contributed by atoms with E-state index in [9.17, 15) is 10.1 Å². The van der Waals surface area contributed by atoms with Crippen molar-refractivity contribution in [3.63, 3.8) is 0 Å². The van der Waals surface area contributed by atoms with E-state index < -0.39 is 17.1 Å². The van der Waals surface area contributed by atoms with Gasteiger partial charge in [-0.25, -0.2) is 4.79 Å². The monoisotopic (exact) mass is 252 g/mol. The van der Waals surface area contributed by atoms with Crippen molar-refractivity contribution >= 4 is 6.09 Å². The van der Waals surface area contributed by atoms with Crippen LogP contribution >= 0.6 is 0 Å². The molecule has 0 aromatic heterocycles. The van der Waals surface area contributed by atoms with Gasteiger partial charge in [0.15, 0.2) is 0 Å². The minimum absolute atomic E-state index is 0.394. The number of alkyl carbamates (subject to hydrolysis) is 1. The number of hydrogen-bond donors (Lipinski definition) is 1. The second-order valence-electron chi connectivity index (χ2n) is 6.43. The summed E-state index contributed by atoms with van der Waals surface area (Å²) < 4.78 is 5.18. The maximum absolute atomic E-state index is 11.6. The second-order valence-corrected chi connectivity index (χ2v) is 6.43. The van der Waals surface area contributed by atoms with Crippen molar-refractivity contribution in [2.45, 2.75) is 59.0 Å². The molecule has 0 saturated heterocycles. The fraction of sp³-hybridized carbons (Fsp3) is 0.857. The van der Waals surface area contributed by atoms with Crippen molar-refractivity contribution in [2.75, 3.05) is 6.54 Å².